The predicted octanol–water partition coefficient (Wildman–Crippen LogP) is 1.56. The van der Waals surface area contributed by atoms with E-state index in [1.54, 1.807) is 6.08 Å². The van der Waals surface area contributed by atoms with E-state index in [-0.39, 0.29) is 31.5 Å². The van der Waals surface area contributed by atoms with E-state index in [4.69, 9.17) is 18.9 Å². The van der Waals surface area contributed by atoms with Gasteiger partial charge in [0.05, 0.1) is 18.4 Å². The van der Waals surface area contributed by atoms with E-state index in [2.05, 4.69) is 6.58 Å². The fourth-order valence-corrected chi connectivity index (χ4v) is 2.51. The zero-order valence-corrected chi connectivity index (χ0v) is 14.6. The topological polar surface area (TPSA) is 91.4 Å². The van der Waals surface area contributed by atoms with Gasteiger partial charge >= 0.3 is 17.9 Å². The van der Waals surface area contributed by atoms with Crippen molar-refractivity contribution in [2.75, 3.05) is 26.4 Å². The maximum absolute atomic E-state index is 12.3. The fraction of sp³-hybridized carbons (Fsp3) is 0.611. The third-order valence-electron chi connectivity index (χ3n) is 4.05. The summed E-state index contributed by atoms with van der Waals surface area (Å²) in [6.45, 7) is 7.61. The zero-order chi connectivity index (χ0) is 18.4. The summed E-state index contributed by atoms with van der Waals surface area (Å²) in [4.78, 5) is 35.8. The van der Waals surface area contributed by atoms with Crippen molar-refractivity contribution >= 4 is 17.9 Å². The van der Waals surface area contributed by atoms with Crippen LogP contribution in [0.2, 0.25) is 0 Å². The molecule has 3 unspecified atom stereocenters. The van der Waals surface area contributed by atoms with Crippen LogP contribution < -0.4 is 0 Å². The van der Waals surface area contributed by atoms with Crippen molar-refractivity contribution < 1.29 is 33.3 Å². The highest BCUT2D eigenvalue weighted by Gasteiger charge is 2.37. The molecule has 25 heavy (non-hydrogen) atoms. The van der Waals surface area contributed by atoms with Crippen molar-refractivity contribution in [3.63, 3.8) is 0 Å². The zero-order valence-electron chi connectivity index (χ0n) is 14.6. The Morgan fingerprint density at radius 1 is 1.20 bits per heavy atom. The highest BCUT2D eigenvalue weighted by molar-refractivity contribution is 5.87. The SMILES string of the molecule is C=C(C)C(=O)OCCOC(=O)C1C=C(C)CCC1C(=O)OCC1CO1. The molecule has 0 aromatic carbocycles. The summed E-state index contributed by atoms with van der Waals surface area (Å²) in [6, 6.07) is 0. The number of rotatable bonds is 8. The van der Waals surface area contributed by atoms with Gasteiger partial charge in [-0.1, -0.05) is 18.2 Å². The monoisotopic (exact) mass is 352 g/mol. The molecule has 1 fully saturated rings. The Balaban J connectivity index is 1.84. The number of ether oxygens (including phenoxy) is 4. The molecule has 2 aliphatic rings. The molecule has 0 N–H and O–H groups in total. The molecule has 1 aliphatic heterocycles. The van der Waals surface area contributed by atoms with Crippen molar-refractivity contribution in [3.8, 4) is 0 Å². The Labute approximate surface area is 146 Å². The molecule has 0 aromatic rings. The second kappa shape index (κ2) is 8.80. The van der Waals surface area contributed by atoms with Crippen LogP contribution in [0.25, 0.3) is 0 Å². The molecule has 7 nitrogen and oxygen atoms in total. The maximum atomic E-state index is 12.3. The summed E-state index contributed by atoms with van der Waals surface area (Å²) in [5.74, 6) is -2.70. The highest BCUT2D eigenvalue weighted by atomic mass is 16.6. The van der Waals surface area contributed by atoms with Gasteiger partial charge in [-0.3, -0.25) is 9.59 Å². The van der Waals surface area contributed by atoms with E-state index < -0.39 is 29.7 Å². The lowest BCUT2D eigenvalue weighted by Gasteiger charge is -2.26. The Morgan fingerprint density at radius 2 is 1.88 bits per heavy atom. The maximum Gasteiger partial charge on any atom is 0.333 e. The molecular formula is C18H24O7. The van der Waals surface area contributed by atoms with Gasteiger partial charge in [0.15, 0.2) is 0 Å². The summed E-state index contributed by atoms with van der Waals surface area (Å²) in [7, 11) is 0. The van der Waals surface area contributed by atoms with Crippen molar-refractivity contribution in [2.45, 2.75) is 32.8 Å². The van der Waals surface area contributed by atoms with E-state index in [0.717, 1.165) is 12.0 Å². The molecule has 7 heteroatoms. The minimum Gasteiger partial charge on any atom is -0.463 e. The first-order valence-electron chi connectivity index (χ1n) is 8.33. The van der Waals surface area contributed by atoms with Crippen LogP contribution in [0.15, 0.2) is 23.8 Å². The summed E-state index contributed by atoms with van der Waals surface area (Å²) in [5, 5.41) is 0. The number of carbonyl (C=O) groups is 3. The van der Waals surface area contributed by atoms with Gasteiger partial charge in [0, 0.05) is 5.57 Å². The highest BCUT2D eigenvalue weighted by Crippen LogP contribution is 2.31. The molecule has 0 spiro atoms. The second-order valence-electron chi connectivity index (χ2n) is 6.35. The number of hydrogen-bond donors (Lipinski definition) is 0. The van der Waals surface area contributed by atoms with Gasteiger partial charge < -0.3 is 18.9 Å². The minimum absolute atomic E-state index is 0.0155. The van der Waals surface area contributed by atoms with Gasteiger partial charge in [-0.05, 0) is 26.7 Å². The Kier molecular flexibility index (Phi) is 6.75. The summed E-state index contributed by atoms with van der Waals surface area (Å²) >= 11 is 0. The lowest BCUT2D eigenvalue weighted by molar-refractivity contribution is -0.161. The van der Waals surface area contributed by atoms with E-state index in [1.807, 2.05) is 6.92 Å². The van der Waals surface area contributed by atoms with Crippen LogP contribution in [0.5, 0.6) is 0 Å². The van der Waals surface area contributed by atoms with Crippen LogP contribution in [0.4, 0.5) is 0 Å². The van der Waals surface area contributed by atoms with Crippen LogP contribution in [0.1, 0.15) is 26.7 Å². The molecule has 1 aliphatic carbocycles. The number of allylic oxidation sites excluding steroid dienone is 1. The second-order valence-corrected chi connectivity index (χ2v) is 6.35. The molecule has 0 aromatic heterocycles. The number of hydrogen-bond acceptors (Lipinski definition) is 7. The first kappa shape index (κ1) is 19.2. The quantitative estimate of drug-likeness (QED) is 0.163. The first-order chi connectivity index (χ1) is 11.9. The molecule has 0 bridgehead atoms. The van der Waals surface area contributed by atoms with Crippen molar-refractivity contribution in [1.29, 1.82) is 0 Å². The first-order valence-corrected chi connectivity index (χ1v) is 8.33. The fourth-order valence-electron chi connectivity index (χ4n) is 2.51. The number of epoxide rings is 1. The molecule has 3 atom stereocenters. The standard InChI is InChI=1S/C18H24O7/c1-11(2)16(19)22-6-7-23-18(21)15-8-12(3)4-5-14(15)17(20)25-10-13-9-24-13/h8,13-15H,1,4-7,9-10H2,2-3H3. The molecule has 1 heterocycles. The molecule has 0 saturated carbocycles. The molecule has 0 radical (unpaired) electrons. The van der Waals surface area contributed by atoms with E-state index >= 15 is 0 Å². The van der Waals surface area contributed by atoms with Gasteiger partial charge in [-0.15, -0.1) is 0 Å². The number of esters is 3. The van der Waals surface area contributed by atoms with Crippen LogP contribution in [-0.4, -0.2) is 50.4 Å². The summed E-state index contributed by atoms with van der Waals surface area (Å²) < 4.78 is 20.3. The summed E-state index contributed by atoms with van der Waals surface area (Å²) in [6.07, 6.45) is 3.01. The van der Waals surface area contributed by atoms with Gasteiger partial charge in [0.2, 0.25) is 0 Å². The number of carbonyl (C=O) groups excluding carboxylic acids is 3. The van der Waals surface area contributed by atoms with Gasteiger partial charge in [-0.25, -0.2) is 4.79 Å². The van der Waals surface area contributed by atoms with E-state index in [0.29, 0.717) is 13.0 Å². The van der Waals surface area contributed by atoms with Crippen molar-refractivity contribution in [2.24, 2.45) is 11.8 Å². The average molecular weight is 352 g/mol. The predicted molar refractivity (Wildman–Crippen MR) is 87.4 cm³/mol. The van der Waals surface area contributed by atoms with Crippen molar-refractivity contribution in [3.05, 3.63) is 23.8 Å². The average Bonchev–Trinajstić information content (AvgIpc) is 3.40. The van der Waals surface area contributed by atoms with Crippen LogP contribution in [0, 0.1) is 11.8 Å². The van der Waals surface area contributed by atoms with Gasteiger partial charge in [0.1, 0.15) is 25.9 Å². The van der Waals surface area contributed by atoms with E-state index in [1.165, 1.54) is 6.92 Å². The third-order valence-corrected chi connectivity index (χ3v) is 4.05. The smallest absolute Gasteiger partial charge is 0.333 e. The third kappa shape index (κ3) is 6.01. The molecule has 1 saturated heterocycles. The lowest BCUT2D eigenvalue weighted by Crippen LogP contribution is -2.34. The molecule has 0 amide bonds. The Hall–Kier alpha value is -2.15. The van der Waals surface area contributed by atoms with E-state index in [9.17, 15) is 14.4 Å². The van der Waals surface area contributed by atoms with Crippen LogP contribution in [0.3, 0.4) is 0 Å². The molecular weight excluding hydrogens is 328 g/mol. The molecule has 2 rings (SSSR count). The Morgan fingerprint density at radius 3 is 2.52 bits per heavy atom. The van der Waals surface area contributed by atoms with Gasteiger partial charge in [0.25, 0.3) is 0 Å². The lowest BCUT2D eigenvalue weighted by atomic mass is 9.81. The summed E-state index contributed by atoms with van der Waals surface area (Å²) in [5.41, 5.74) is 1.31. The largest absolute Gasteiger partial charge is 0.463 e. The van der Waals surface area contributed by atoms with Crippen LogP contribution >= 0.6 is 0 Å². The van der Waals surface area contributed by atoms with Gasteiger partial charge in [-0.2, -0.15) is 0 Å². The molecule has 138 valence electrons. The normalized spacial score (nSPS) is 24.7. The van der Waals surface area contributed by atoms with Crippen molar-refractivity contribution in [1.82, 2.24) is 0 Å². The Bertz CT molecular complexity index is 574. The van der Waals surface area contributed by atoms with Crippen LogP contribution in [-0.2, 0) is 33.3 Å². The minimum atomic E-state index is -0.682.